The average Bonchev–Trinajstić information content (AvgIpc) is 2.99. The van der Waals surface area contributed by atoms with Crippen LogP contribution in [-0.2, 0) is 0 Å². The van der Waals surface area contributed by atoms with E-state index in [0.717, 1.165) is 39.3 Å². The Morgan fingerprint density at radius 2 is 0.921 bits per heavy atom. The van der Waals surface area contributed by atoms with Crippen molar-refractivity contribution < 1.29 is 9.47 Å². The molecule has 1 aliphatic rings. The van der Waals surface area contributed by atoms with Gasteiger partial charge in [-0.2, -0.15) is 0 Å². The van der Waals surface area contributed by atoms with Gasteiger partial charge in [0.25, 0.3) is 0 Å². The molecule has 7 aromatic rings. The van der Waals surface area contributed by atoms with E-state index < -0.39 is 0 Å². The highest BCUT2D eigenvalue weighted by atomic mass is 16.6. The third kappa shape index (κ3) is 3.21. The van der Waals surface area contributed by atoms with E-state index in [9.17, 15) is 0 Å². The zero-order valence-electron chi connectivity index (χ0n) is 20.5. The van der Waals surface area contributed by atoms with E-state index >= 15 is 0 Å². The summed E-state index contributed by atoms with van der Waals surface area (Å²) in [7, 11) is 0. The number of ether oxygens (including phenoxy) is 2. The molecule has 0 saturated heterocycles. The molecule has 0 bridgehead atoms. The molecule has 0 spiro atoms. The first-order chi connectivity index (χ1) is 18.8. The summed E-state index contributed by atoms with van der Waals surface area (Å²) in [5.41, 5.74) is 4.75. The molecular weight excluding hydrogens is 464 g/mol. The Kier molecular flexibility index (Phi) is 4.55. The van der Waals surface area contributed by atoms with Crippen LogP contribution in [0.2, 0.25) is 0 Å². The van der Waals surface area contributed by atoms with Crippen molar-refractivity contribution in [3.05, 3.63) is 133 Å². The highest BCUT2D eigenvalue weighted by Gasteiger charge is 2.23. The van der Waals surface area contributed by atoms with Crippen LogP contribution in [0.5, 0.6) is 23.0 Å². The Bertz CT molecular complexity index is 2040. The van der Waals surface area contributed by atoms with Gasteiger partial charge in [0.15, 0.2) is 23.0 Å². The van der Waals surface area contributed by atoms with Crippen LogP contribution in [0, 0.1) is 0 Å². The molecule has 0 saturated carbocycles. The highest BCUT2D eigenvalue weighted by molar-refractivity contribution is 6.11. The van der Waals surface area contributed by atoms with Crippen LogP contribution < -0.4 is 9.47 Å². The van der Waals surface area contributed by atoms with Crippen molar-refractivity contribution in [1.29, 1.82) is 0 Å². The van der Waals surface area contributed by atoms with Crippen LogP contribution >= 0.6 is 0 Å². The van der Waals surface area contributed by atoms with Gasteiger partial charge < -0.3 is 9.47 Å². The highest BCUT2D eigenvalue weighted by Crippen LogP contribution is 2.51. The molecule has 0 N–H and O–H groups in total. The predicted octanol–water partition coefficient (Wildman–Crippen LogP) is 10.4. The summed E-state index contributed by atoms with van der Waals surface area (Å²) >= 11 is 0. The topological polar surface area (TPSA) is 18.5 Å². The lowest BCUT2D eigenvalue weighted by molar-refractivity contribution is 0.363. The van der Waals surface area contributed by atoms with E-state index in [1.54, 1.807) is 0 Å². The summed E-state index contributed by atoms with van der Waals surface area (Å²) in [4.78, 5) is 0. The molecule has 0 aromatic heterocycles. The Morgan fingerprint density at radius 3 is 1.71 bits per heavy atom. The number of rotatable bonds is 2. The third-order valence-electron chi connectivity index (χ3n) is 7.52. The maximum absolute atomic E-state index is 6.37. The van der Waals surface area contributed by atoms with Crippen molar-refractivity contribution in [2.45, 2.75) is 0 Å². The molecule has 0 aliphatic carbocycles. The molecule has 0 fully saturated rings. The maximum atomic E-state index is 6.37. The molecule has 2 nitrogen and oxygen atoms in total. The zero-order valence-corrected chi connectivity index (χ0v) is 20.5. The minimum Gasteiger partial charge on any atom is -0.449 e. The van der Waals surface area contributed by atoms with Gasteiger partial charge in [0.1, 0.15) is 0 Å². The molecule has 0 amide bonds. The van der Waals surface area contributed by atoms with Gasteiger partial charge in [-0.15, -0.1) is 0 Å². The van der Waals surface area contributed by atoms with Gasteiger partial charge in [-0.3, -0.25) is 0 Å². The summed E-state index contributed by atoms with van der Waals surface area (Å²) in [6.07, 6.45) is 0. The Labute approximate surface area is 220 Å². The average molecular weight is 487 g/mol. The summed E-state index contributed by atoms with van der Waals surface area (Å²) in [5.74, 6) is 2.97. The number of fused-ring (bicyclic) bond motifs is 6. The van der Waals surface area contributed by atoms with E-state index in [-0.39, 0.29) is 0 Å². The predicted molar refractivity (Wildman–Crippen MR) is 156 cm³/mol. The third-order valence-corrected chi connectivity index (χ3v) is 7.52. The van der Waals surface area contributed by atoms with Gasteiger partial charge in [0.2, 0.25) is 0 Å². The molecule has 38 heavy (non-hydrogen) atoms. The molecule has 8 rings (SSSR count). The molecule has 0 unspecified atom stereocenters. The standard InChI is InChI=1S/C36H22O2/c1-2-10-24-21-25(18-17-23(24)9-1)26-19-20-30(28-12-4-3-11-27(26)28)32-22-35-36(31-14-6-5-13-29(31)32)38-34-16-8-7-15-33(34)37-35/h1-22H. The summed E-state index contributed by atoms with van der Waals surface area (Å²) in [6.45, 7) is 0. The van der Waals surface area contributed by atoms with Crippen LogP contribution in [0.15, 0.2) is 133 Å². The van der Waals surface area contributed by atoms with Crippen LogP contribution in [0.4, 0.5) is 0 Å². The molecule has 178 valence electrons. The van der Waals surface area contributed by atoms with Crippen LogP contribution in [-0.4, -0.2) is 0 Å². The maximum Gasteiger partial charge on any atom is 0.177 e. The van der Waals surface area contributed by atoms with Gasteiger partial charge >= 0.3 is 0 Å². The van der Waals surface area contributed by atoms with Gasteiger partial charge in [-0.25, -0.2) is 0 Å². The van der Waals surface area contributed by atoms with E-state index in [0.29, 0.717) is 0 Å². The fourth-order valence-electron chi connectivity index (χ4n) is 5.72. The minimum atomic E-state index is 0.734. The van der Waals surface area contributed by atoms with Gasteiger partial charge in [-0.05, 0) is 73.5 Å². The quantitative estimate of drug-likeness (QED) is 0.242. The van der Waals surface area contributed by atoms with E-state index in [1.807, 2.05) is 24.3 Å². The number of hydrogen-bond donors (Lipinski definition) is 0. The number of benzene rings is 7. The number of para-hydroxylation sites is 2. The minimum absolute atomic E-state index is 0.734. The normalized spacial score (nSPS) is 12.1. The second kappa shape index (κ2) is 8.22. The fourth-order valence-corrected chi connectivity index (χ4v) is 5.72. The Morgan fingerprint density at radius 1 is 0.342 bits per heavy atom. The molecule has 7 aromatic carbocycles. The lowest BCUT2D eigenvalue weighted by atomic mass is 9.89. The largest absolute Gasteiger partial charge is 0.449 e. The SMILES string of the molecule is c1ccc2c(c1)Oc1cc(-c3ccc(-c4ccc5ccccc5c4)c4ccccc34)c3ccccc3c1O2. The van der Waals surface area contributed by atoms with E-state index in [4.69, 9.17) is 9.47 Å². The van der Waals surface area contributed by atoms with Crippen LogP contribution in [0.3, 0.4) is 0 Å². The Balaban J connectivity index is 1.36. The van der Waals surface area contributed by atoms with Crippen LogP contribution in [0.25, 0.3) is 54.6 Å². The van der Waals surface area contributed by atoms with E-state index in [1.165, 1.54) is 38.2 Å². The van der Waals surface area contributed by atoms with Crippen molar-refractivity contribution in [2.75, 3.05) is 0 Å². The molecule has 1 aliphatic heterocycles. The van der Waals surface area contributed by atoms with Crippen molar-refractivity contribution in [2.24, 2.45) is 0 Å². The van der Waals surface area contributed by atoms with Crippen molar-refractivity contribution in [3.63, 3.8) is 0 Å². The zero-order chi connectivity index (χ0) is 25.1. The molecule has 0 atom stereocenters. The smallest absolute Gasteiger partial charge is 0.177 e. The van der Waals surface area contributed by atoms with Gasteiger partial charge in [0, 0.05) is 5.39 Å². The monoisotopic (exact) mass is 486 g/mol. The summed E-state index contributed by atoms with van der Waals surface area (Å²) < 4.78 is 12.7. The van der Waals surface area contributed by atoms with Gasteiger partial charge in [-0.1, -0.05) is 109 Å². The van der Waals surface area contributed by atoms with Crippen LogP contribution in [0.1, 0.15) is 0 Å². The molecule has 0 radical (unpaired) electrons. The lowest BCUT2D eigenvalue weighted by Gasteiger charge is -2.23. The number of hydrogen-bond acceptors (Lipinski definition) is 2. The first-order valence-corrected chi connectivity index (χ1v) is 12.9. The summed E-state index contributed by atoms with van der Waals surface area (Å²) in [6, 6.07) is 46.8. The molecule has 2 heteroatoms. The van der Waals surface area contributed by atoms with Crippen molar-refractivity contribution in [3.8, 4) is 45.3 Å². The van der Waals surface area contributed by atoms with E-state index in [2.05, 4.69) is 109 Å². The lowest BCUT2D eigenvalue weighted by Crippen LogP contribution is -2.00. The molecule has 1 heterocycles. The van der Waals surface area contributed by atoms with Gasteiger partial charge in [0.05, 0.1) is 0 Å². The fraction of sp³-hybridized carbons (Fsp3) is 0. The Hall–Kier alpha value is -5.08. The van der Waals surface area contributed by atoms with Crippen molar-refractivity contribution in [1.82, 2.24) is 0 Å². The first kappa shape index (κ1) is 21.0. The summed E-state index contributed by atoms with van der Waals surface area (Å²) in [5, 5.41) is 7.11. The first-order valence-electron chi connectivity index (χ1n) is 12.9. The second-order valence-electron chi connectivity index (χ2n) is 9.72. The second-order valence-corrected chi connectivity index (χ2v) is 9.72. The molecular formula is C36H22O2. The van der Waals surface area contributed by atoms with Crippen molar-refractivity contribution >= 4 is 32.3 Å².